The highest BCUT2D eigenvalue weighted by Crippen LogP contribution is 2.28. The summed E-state index contributed by atoms with van der Waals surface area (Å²) in [6.45, 7) is 2.08. The number of hydrogen-bond donors (Lipinski definition) is 1. The molecule has 1 heterocycles. The molecule has 0 unspecified atom stereocenters. The molecule has 1 saturated heterocycles. The minimum absolute atomic E-state index is 0.271. The standard InChI is InChI=1S/C13H16BrNO2/c14-12-2-1-11(9-17)13(7-12)15-5-3-10(8-16)4-6-15/h1-2,7,9-10,16H,3-6,8H2. The van der Waals surface area contributed by atoms with Crippen molar-refractivity contribution in [1.82, 2.24) is 0 Å². The van der Waals surface area contributed by atoms with Crippen molar-refractivity contribution in [2.45, 2.75) is 12.8 Å². The van der Waals surface area contributed by atoms with Gasteiger partial charge in [-0.2, -0.15) is 0 Å². The summed E-state index contributed by atoms with van der Waals surface area (Å²) in [6.07, 6.45) is 2.88. The number of halogens is 1. The van der Waals surface area contributed by atoms with Gasteiger partial charge in [0.05, 0.1) is 0 Å². The number of nitrogens with zero attached hydrogens (tertiary/aromatic N) is 1. The third-order valence-corrected chi connectivity index (χ3v) is 3.83. The van der Waals surface area contributed by atoms with Gasteiger partial charge in [-0.1, -0.05) is 15.9 Å². The molecule has 0 aliphatic carbocycles. The van der Waals surface area contributed by atoms with Gasteiger partial charge in [0, 0.05) is 35.4 Å². The van der Waals surface area contributed by atoms with Crippen molar-refractivity contribution < 1.29 is 9.90 Å². The van der Waals surface area contributed by atoms with Crippen LogP contribution in [0.5, 0.6) is 0 Å². The van der Waals surface area contributed by atoms with Gasteiger partial charge in [0.15, 0.2) is 6.29 Å². The summed E-state index contributed by atoms with van der Waals surface area (Å²) in [4.78, 5) is 13.2. The minimum Gasteiger partial charge on any atom is -0.396 e. The Bertz CT molecular complexity index is 400. The summed E-state index contributed by atoms with van der Waals surface area (Å²) in [5, 5.41) is 9.11. The van der Waals surface area contributed by atoms with Crippen LogP contribution in [0, 0.1) is 5.92 Å². The van der Waals surface area contributed by atoms with Gasteiger partial charge < -0.3 is 10.0 Å². The molecule has 3 nitrogen and oxygen atoms in total. The maximum Gasteiger partial charge on any atom is 0.152 e. The molecule has 1 aliphatic heterocycles. The van der Waals surface area contributed by atoms with Gasteiger partial charge in [-0.15, -0.1) is 0 Å². The molecule has 0 aromatic heterocycles. The summed E-state index contributed by atoms with van der Waals surface area (Å²) >= 11 is 3.44. The smallest absolute Gasteiger partial charge is 0.152 e. The number of carbonyl (C=O) groups is 1. The Hall–Kier alpha value is -0.870. The van der Waals surface area contributed by atoms with E-state index in [2.05, 4.69) is 20.8 Å². The van der Waals surface area contributed by atoms with Gasteiger partial charge in [0.2, 0.25) is 0 Å². The SMILES string of the molecule is O=Cc1ccc(Br)cc1N1CCC(CO)CC1. The summed E-state index contributed by atoms with van der Waals surface area (Å²) in [6, 6.07) is 5.71. The van der Waals surface area contributed by atoms with Gasteiger partial charge in [-0.25, -0.2) is 0 Å². The molecule has 0 radical (unpaired) electrons. The second-order valence-corrected chi connectivity index (χ2v) is 5.35. The number of carbonyl (C=O) groups excluding carboxylic acids is 1. The van der Waals surface area contributed by atoms with E-state index in [1.165, 1.54) is 0 Å². The number of hydrogen-bond acceptors (Lipinski definition) is 3. The minimum atomic E-state index is 0.271. The van der Waals surface area contributed by atoms with Crippen LogP contribution in [0.1, 0.15) is 23.2 Å². The van der Waals surface area contributed by atoms with Crippen molar-refractivity contribution in [2.24, 2.45) is 5.92 Å². The highest BCUT2D eigenvalue weighted by Gasteiger charge is 2.20. The van der Waals surface area contributed by atoms with Crippen molar-refractivity contribution in [3.8, 4) is 0 Å². The van der Waals surface area contributed by atoms with Crippen molar-refractivity contribution in [3.05, 3.63) is 28.2 Å². The third kappa shape index (κ3) is 2.87. The topological polar surface area (TPSA) is 40.5 Å². The third-order valence-electron chi connectivity index (χ3n) is 3.33. The number of rotatable bonds is 3. The lowest BCUT2D eigenvalue weighted by Gasteiger charge is -2.33. The maximum absolute atomic E-state index is 11.0. The summed E-state index contributed by atoms with van der Waals surface area (Å²) < 4.78 is 0.988. The van der Waals surface area contributed by atoms with E-state index < -0.39 is 0 Å². The fourth-order valence-electron chi connectivity index (χ4n) is 2.25. The second kappa shape index (κ2) is 5.65. The number of anilines is 1. The quantitative estimate of drug-likeness (QED) is 0.872. The van der Waals surface area contributed by atoms with Crippen LogP contribution in [0.3, 0.4) is 0 Å². The molecular formula is C13H16BrNO2. The molecule has 0 bridgehead atoms. The average Bonchev–Trinajstić information content (AvgIpc) is 2.39. The molecule has 0 saturated carbocycles. The largest absolute Gasteiger partial charge is 0.396 e. The zero-order valence-corrected chi connectivity index (χ0v) is 11.2. The van der Waals surface area contributed by atoms with E-state index in [0.29, 0.717) is 5.92 Å². The Balaban J connectivity index is 2.17. The van der Waals surface area contributed by atoms with Crippen LogP contribution in [0.2, 0.25) is 0 Å². The number of piperidine rings is 1. The first-order valence-corrected chi connectivity index (χ1v) is 6.64. The Morgan fingerprint density at radius 3 is 2.71 bits per heavy atom. The molecule has 1 aliphatic rings. The van der Waals surface area contributed by atoms with E-state index in [4.69, 9.17) is 5.11 Å². The second-order valence-electron chi connectivity index (χ2n) is 4.43. The van der Waals surface area contributed by atoms with E-state index in [9.17, 15) is 4.79 Å². The first kappa shape index (κ1) is 12.6. The van der Waals surface area contributed by atoms with E-state index in [1.54, 1.807) is 0 Å². The number of aliphatic hydroxyl groups excluding tert-OH is 1. The van der Waals surface area contributed by atoms with E-state index >= 15 is 0 Å². The Morgan fingerprint density at radius 1 is 1.41 bits per heavy atom. The van der Waals surface area contributed by atoms with Crippen LogP contribution in [0.4, 0.5) is 5.69 Å². The van der Waals surface area contributed by atoms with Crippen molar-refractivity contribution in [1.29, 1.82) is 0 Å². The zero-order valence-electron chi connectivity index (χ0n) is 9.60. The summed E-state index contributed by atoms with van der Waals surface area (Å²) in [5.74, 6) is 0.415. The molecule has 17 heavy (non-hydrogen) atoms. The van der Waals surface area contributed by atoms with E-state index in [-0.39, 0.29) is 6.61 Å². The first-order chi connectivity index (χ1) is 8.24. The molecule has 2 rings (SSSR count). The van der Waals surface area contributed by atoms with E-state index in [0.717, 1.165) is 47.9 Å². The molecule has 1 N–H and O–H groups in total. The fourth-order valence-corrected chi connectivity index (χ4v) is 2.60. The molecule has 0 spiro atoms. The lowest BCUT2D eigenvalue weighted by Crippen LogP contribution is -2.35. The first-order valence-electron chi connectivity index (χ1n) is 5.85. The molecule has 0 atom stereocenters. The number of aliphatic hydroxyl groups is 1. The molecule has 0 amide bonds. The summed E-state index contributed by atoms with van der Waals surface area (Å²) in [5.41, 5.74) is 1.72. The predicted octanol–water partition coefficient (Wildman–Crippen LogP) is 2.47. The van der Waals surface area contributed by atoms with Gasteiger partial charge in [0.1, 0.15) is 0 Å². The van der Waals surface area contributed by atoms with Gasteiger partial charge in [-0.05, 0) is 37.0 Å². The van der Waals surface area contributed by atoms with Crippen LogP contribution < -0.4 is 4.90 Å². The maximum atomic E-state index is 11.0. The Morgan fingerprint density at radius 2 is 2.12 bits per heavy atom. The fraction of sp³-hybridized carbons (Fsp3) is 0.462. The van der Waals surface area contributed by atoms with Crippen LogP contribution in [0.15, 0.2) is 22.7 Å². The van der Waals surface area contributed by atoms with Crippen molar-refractivity contribution in [3.63, 3.8) is 0 Å². The van der Waals surface area contributed by atoms with Gasteiger partial charge in [-0.3, -0.25) is 4.79 Å². The predicted molar refractivity (Wildman–Crippen MR) is 71.6 cm³/mol. The van der Waals surface area contributed by atoms with E-state index in [1.807, 2.05) is 18.2 Å². The normalized spacial score (nSPS) is 17.2. The highest BCUT2D eigenvalue weighted by atomic mass is 79.9. The van der Waals surface area contributed by atoms with Crippen LogP contribution in [-0.4, -0.2) is 31.1 Å². The number of benzene rings is 1. The highest BCUT2D eigenvalue weighted by molar-refractivity contribution is 9.10. The van der Waals surface area contributed by atoms with Gasteiger partial charge >= 0.3 is 0 Å². The molecule has 1 aromatic rings. The van der Waals surface area contributed by atoms with Crippen LogP contribution in [-0.2, 0) is 0 Å². The van der Waals surface area contributed by atoms with Crippen molar-refractivity contribution >= 4 is 27.9 Å². The molecule has 1 aromatic carbocycles. The van der Waals surface area contributed by atoms with Crippen LogP contribution >= 0.6 is 15.9 Å². The Labute approximate surface area is 110 Å². The summed E-state index contributed by atoms with van der Waals surface area (Å²) in [7, 11) is 0. The van der Waals surface area contributed by atoms with Gasteiger partial charge in [0.25, 0.3) is 0 Å². The zero-order chi connectivity index (χ0) is 12.3. The lowest BCUT2D eigenvalue weighted by atomic mass is 9.97. The molecule has 1 fully saturated rings. The van der Waals surface area contributed by atoms with Crippen molar-refractivity contribution in [2.75, 3.05) is 24.6 Å². The molecule has 4 heteroatoms. The molecule has 92 valence electrons. The van der Waals surface area contributed by atoms with Crippen LogP contribution in [0.25, 0.3) is 0 Å². The molecular weight excluding hydrogens is 282 g/mol. The average molecular weight is 298 g/mol. The Kier molecular flexibility index (Phi) is 4.18. The monoisotopic (exact) mass is 297 g/mol. The lowest BCUT2D eigenvalue weighted by molar-refractivity contribution is 0.112. The number of aldehydes is 1.